The van der Waals surface area contributed by atoms with Crippen molar-refractivity contribution in [3.8, 4) is 0 Å². The van der Waals surface area contributed by atoms with Gasteiger partial charge in [-0.05, 0) is 12.8 Å². The summed E-state index contributed by atoms with van der Waals surface area (Å²) < 4.78 is 0. The van der Waals surface area contributed by atoms with E-state index in [1.165, 1.54) is 0 Å². The van der Waals surface area contributed by atoms with Crippen LogP contribution in [-0.2, 0) is 4.79 Å². The number of rotatable bonds is 8. The van der Waals surface area contributed by atoms with Crippen molar-refractivity contribution in [2.75, 3.05) is 0 Å². The first-order valence-corrected chi connectivity index (χ1v) is 5.47. The molecule has 0 heterocycles. The van der Waals surface area contributed by atoms with Gasteiger partial charge in [-0.1, -0.05) is 26.7 Å². The second kappa shape index (κ2) is 7.94. The third kappa shape index (κ3) is 7.04. The summed E-state index contributed by atoms with van der Waals surface area (Å²) in [5.74, 6) is -0.0353. The van der Waals surface area contributed by atoms with Gasteiger partial charge >= 0.3 is 0 Å². The van der Waals surface area contributed by atoms with Crippen molar-refractivity contribution >= 4 is 5.78 Å². The van der Waals surface area contributed by atoms with Crippen LogP contribution in [-0.4, -0.2) is 28.2 Å². The largest absolute Gasteiger partial charge is 0.393 e. The van der Waals surface area contributed by atoms with E-state index in [0.29, 0.717) is 12.8 Å². The van der Waals surface area contributed by atoms with Gasteiger partial charge in [0.15, 0.2) is 0 Å². The Morgan fingerprint density at radius 2 is 1.36 bits per heavy atom. The maximum absolute atomic E-state index is 11.3. The zero-order valence-corrected chi connectivity index (χ0v) is 9.20. The van der Waals surface area contributed by atoms with Crippen molar-refractivity contribution < 1.29 is 15.0 Å². The Balaban J connectivity index is 3.63. The van der Waals surface area contributed by atoms with Gasteiger partial charge in [-0.25, -0.2) is 0 Å². The first-order chi connectivity index (χ1) is 6.60. The lowest BCUT2D eigenvalue weighted by atomic mass is 10.0. The molecule has 0 aliphatic carbocycles. The Kier molecular flexibility index (Phi) is 7.71. The van der Waals surface area contributed by atoms with Gasteiger partial charge in [0, 0.05) is 12.8 Å². The highest BCUT2D eigenvalue weighted by atomic mass is 16.3. The van der Waals surface area contributed by atoms with Crippen molar-refractivity contribution in [2.24, 2.45) is 0 Å². The third-order valence-electron chi connectivity index (χ3n) is 2.17. The van der Waals surface area contributed by atoms with Gasteiger partial charge in [0.2, 0.25) is 0 Å². The van der Waals surface area contributed by atoms with Crippen molar-refractivity contribution in [1.29, 1.82) is 0 Å². The van der Waals surface area contributed by atoms with E-state index < -0.39 is 12.2 Å². The molecule has 0 fully saturated rings. The first-order valence-electron chi connectivity index (χ1n) is 5.47. The molecule has 0 bridgehead atoms. The lowest BCUT2D eigenvalue weighted by molar-refractivity contribution is -0.122. The smallest absolute Gasteiger partial charge is 0.138 e. The van der Waals surface area contributed by atoms with Gasteiger partial charge in [0.05, 0.1) is 12.2 Å². The Bertz CT molecular complexity index is 141. The summed E-state index contributed by atoms with van der Waals surface area (Å²) in [5.41, 5.74) is 0. The van der Waals surface area contributed by atoms with E-state index in [9.17, 15) is 15.0 Å². The summed E-state index contributed by atoms with van der Waals surface area (Å²) >= 11 is 0. The fraction of sp³-hybridized carbons (Fsp3) is 0.909. The lowest BCUT2D eigenvalue weighted by Gasteiger charge is -2.11. The third-order valence-corrected chi connectivity index (χ3v) is 2.17. The summed E-state index contributed by atoms with van der Waals surface area (Å²) in [4.78, 5) is 11.3. The van der Waals surface area contributed by atoms with E-state index in [2.05, 4.69) is 0 Å². The van der Waals surface area contributed by atoms with E-state index in [1.807, 2.05) is 13.8 Å². The van der Waals surface area contributed by atoms with Crippen LogP contribution < -0.4 is 0 Å². The molecule has 0 aromatic rings. The molecule has 0 aromatic heterocycles. The standard InChI is InChI=1S/C11H22O3/c1-3-5-9(12)7-11(14)8-10(13)6-4-2/h9-10,12-13H,3-8H2,1-2H3. The number of ketones is 1. The van der Waals surface area contributed by atoms with Gasteiger partial charge in [0.25, 0.3) is 0 Å². The number of carbonyl (C=O) groups excluding carboxylic acids is 1. The minimum Gasteiger partial charge on any atom is -0.393 e. The molecule has 0 aliphatic rings. The molecule has 3 heteroatoms. The van der Waals surface area contributed by atoms with Crippen LogP contribution >= 0.6 is 0 Å². The van der Waals surface area contributed by atoms with Crippen molar-refractivity contribution in [1.82, 2.24) is 0 Å². The predicted octanol–water partition coefficient (Wildman–Crippen LogP) is 1.66. The molecule has 14 heavy (non-hydrogen) atoms. The Morgan fingerprint density at radius 3 is 1.64 bits per heavy atom. The fourth-order valence-electron chi connectivity index (χ4n) is 1.48. The topological polar surface area (TPSA) is 57.5 Å². The van der Waals surface area contributed by atoms with E-state index in [4.69, 9.17) is 0 Å². The predicted molar refractivity (Wildman–Crippen MR) is 56.1 cm³/mol. The van der Waals surface area contributed by atoms with Gasteiger partial charge in [0.1, 0.15) is 5.78 Å². The summed E-state index contributed by atoms with van der Waals surface area (Å²) in [6, 6.07) is 0. The summed E-state index contributed by atoms with van der Waals surface area (Å²) in [7, 11) is 0. The van der Waals surface area contributed by atoms with Crippen molar-refractivity contribution in [3.05, 3.63) is 0 Å². The van der Waals surface area contributed by atoms with Gasteiger partial charge in [-0.2, -0.15) is 0 Å². The molecule has 0 rings (SSSR count). The number of hydrogen-bond donors (Lipinski definition) is 2. The molecule has 0 radical (unpaired) electrons. The number of hydrogen-bond acceptors (Lipinski definition) is 3. The molecule has 0 aliphatic heterocycles. The van der Waals surface area contributed by atoms with Gasteiger partial charge in [-0.3, -0.25) is 4.79 Å². The molecule has 2 unspecified atom stereocenters. The monoisotopic (exact) mass is 202 g/mol. The Hall–Kier alpha value is -0.410. The summed E-state index contributed by atoms with van der Waals surface area (Å²) in [5, 5.41) is 18.7. The minimum atomic E-state index is -0.527. The second-order valence-corrected chi connectivity index (χ2v) is 3.83. The van der Waals surface area contributed by atoms with Crippen LogP contribution in [0.5, 0.6) is 0 Å². The number of carbonyl (C=O) groups is 1. The lowest BCUT2D eigenvalue weighted by Crippen LogP contribution is -2.18. The highest BCUT2D eigenvalue weighted by Crippen LogP contribution is 2.08. The number of aliphatic hydroxyl groups excluding tert-OH is 2. The van der Waals surface area contributed by atoms with E-state index in [1.54, 1.807) is 0 Å². The molecule has 0 aromatic carbocycles. The summed E-state index contributed by atoms with van der Waals surface area (Å²) in [6.45, 7) is 3.94. The van der Waals surface area contributed by atoms with Crippen LogP contribution in [0.15, 0.2) is 0 Å². The summed E-state index contributed by atoms with van der Waals surface area (Å²) in [6.07, 6.45) is 2.41. The molecule has 84 valence electrons. The Labute approximate surface area is 86.1 Å². The highest BCUT2D eigenvalue weighted by Gasteiger charge is 2.13. The normalized spacial score (nSPS) is 15.1. The zero-order valence-electron chi connectivity index (χ0n) is 9.20. The van der Waals surface area contributed by atoms with Crippen LogP contribution in [0.2, 0.25) is 0 Å². The SMILES string of the molecule is CCCC(O)CC(=O)CC(O)CCC. The minimum absolute atomic E-state index is 0.0353. The molecular formula is C11H22O3. The zero-order chi connectivity index (χ0) is 11.0. The maximum atomic E-state index is 11.3. The molecular weight excluding hydrogens is 180 g/mol. The Morgan fingerprint density at radius 1 is 1.00 bits per heavy atom. The highest BCUT2D eigenvalue weighted by molar-refractivity contribution is 5.79. The van der Waals surface area contributed by atoms with Crippen molar-refractivity contribution in [2.45, 2.75) is 64.6 Å². The molecule has 3 nitrogen and oxygen atoms in total. The average molecular weight is 202 g/mol. The van der Waals surface area contributed by atoms with Crippen LogP contribution in [0, 0.1) is 0 Å². The number of Topliss-reactive ketones (excluding diaryl/α,β-unsaturated/α-hetero) is 1. The van der Waals surface area contributed by atoms with Crippen molar-refractivity contribution in [3.63, 3.8) is 0 Å². The van der Waals surface area contributed by atoms with E-state index in [-0.39, 0.29) is 18.6 Å². The van der Waals surface area contributed by atoms with E-state index >= 15 is 0 Å². The number of aliphatic hydroxyl groups is 2. The van der Waals surface area contributed by atoms with Crippen LogP contribution in [0.25, 0.3) is 0 Å². The molecule has 0 saturated carbocycles. The van der Waals surface area contributed by atoms with E-state index in [0.717, 1.165) is 12.8 Å². The molecule has 0 saturated heterocycles. The average Bonchev–Trinajstić information content (AvgIpc) is 2.03. The van der Waals surface area contributed by atoms with Crippen LogP contribution in [0.3, 0.4) is 0 Å². The second-order valence-electron chi connectivity index (χ2n) is 3.83. The first kappa shape index (κ1) is 13.6. The van der Waals surface area contributed by atoms with Crippen LogP contribution in [0.4, 0.5) is 0 Å². The fourth-order valence-corrected chi connectivity index (χ4v) is 1.48. The molecule has 2 atom stereocenters. The molecule has 0 amide bonds. The molecule has 2 N–H and O–H groups in total. The van der Waals surface area contributed by atoms with Gasteiger partial charge in [-0.15, -0.1) is 0 Å². The van der Waals surface area contributed by atoms with Gasteiger partial charge < -0.3 is 10.2 Å². The maximum Gasteiger partial charge on any atom is 0.138 e. The quantitative estimate of drug-likeness (QED) is 0.629. The molecule has 0 spiro atoms. The van der Waals surface area contributed by atoms with Crippen LogP contribution in [0.1, 0.15) is 52.4 Å².